The van der Waals surface area contributed by atoms with Crippen molar-refractivity contribution in [3.05, 3.63) is 59.2 Å². The summed E-state index contributed by atoms with van der Waals surface area (Å²) in [4.78, 5) is 1.44. The Balaban J connectivity index is 1.86. The first-order chi connectivity index (χ1) is 14.6. The Bertz CT molecular complexity index is 1080. The highest BCUT2D eigenvalue weighted by molar-refractivity contribution is 7.89. The van der Waals surface area contributed by atoms with Gasteiger partial charge < -0.3 is 4.90 Å². The van der Waals surface area contributed by atoms with E-state index in [4.69, 9.17) is 0 Å². The number of benzene rings is 2. The van der Waals surface area contributed by atoms with Crippen molar-refractivity contribution in [2.45, 2.75) is 50.1 Å². The number of alkyl halides is 6. The van der Waals surface area contributed by atoms with Gasteiger partial charge in [-0.05, 0) is 62.7 Å². The van der Waals surface area contributed by atoms with E-state index >= 15 is 0 Å². The summed E-state index contributed by atoms with van der Waals surface area (Å²) in [7, 11) is -4.09. The lowest BCUT2D eigenvalue weighted by molar-refractivity contribution is -0.138. The van der Waals surface area contributed by atoms with Crippen LogP contribution in [-0.4, -0.2) is 37.9 Å². The van der Waals surface area contributed by atoms with Crippen LogP contribution in [0.4, 0.5) is 32.0 Å². The molecule has 0 radical (unpaired) electrons. The fourth-order valence-corrected chi connectivity index (χ4v) is 5.54. The molecule has 0 aliphatic carbocycles. The molecule has 0 spiro atoms. The van der Waals surface area contributed by atoms with Crippen molar-refractivity contribution >= 4 is 15.7 Å². The van der Waals surface area contributed by atoms with Gasteiger partial charge in [0.1, 0.15) is 0 Å². The van der Waals surface area contributed by atoms with Gasteiger partial charge in [-0.3, -0.25) is 0 Å². The van der Waals surface area contributed by atoms with Crippen LogP contribution in [0.5, 0.6) is 0 Å². The molecule has 1 saturated heterocycles. The number of aryl methyl sites for hydroxylation is 1. The van der Waals surface area contributed by atoms with Crippen molar-refractivity contribution in [3.8, 4) is 0 Å². The number of halogens is 6. The summed E-state index contributed by atoms with van der Waals surface area (Å²) in [6.45, 7) is 4.77. The van der Waals surface area contributed by atoms with Crippen molar-refractivity contribution < 1.29 is 34.8 Å². The van der Waals surface area contributed by atoms with Crippen LogP contribution in [0.3, 0.4) is 0 Å². The van der Waals surface area contributed by atoms with E-state index in [-0.39, 0.29) is 23.5 Å². The summed E-state index contributed by atoms with van der Waals surface area (Å²) in [5.41, 5.74) is -1.29. The zero-order valence-corrected chi connectivity index (χ0v) is 18.3. The molecule has 176 valence electrons. The molecule has 1 fully saturated rings. The van der Waals surface area contributed by atoms with E-state index in [0.717, 1.165) is 18.2 Å². The summed E-state index contributed by atoms with van der Waals surface area (Å²) in [6, 6.07) is 6.17. The lowest BCUT2D eigenvalue weighted by Gasteiger charge is -2.44. The zero-order chi connectivity index (χ0) is 24.1. The van der Waals surface area contributed by atoms with Gasteiger partial charge >= 0.3 is 12.4 Å². The van der Waals surface area contributed by atoms with Gasteiger partial charge in [0, 0.05) is 30.9 Å². The highest BCUT2D eigenvalue weighted by atomic mass is 32.2. The standard InChI is InChI=1S/C21H22F6N2O2S/c1-13-4-7-17(10-19(13)21(25,26)27)28-11-15(3)29(12-14(28)2)32(30,31)18-8-5-16(6-9-18)20(22,23)24/h4-10,14-15H,11-12H2,1-3H3. The predicted octanol–water partition coefficient (Wildman–Crippen LogP) is 5.32. The molecule has 1 aliphatic rings. The number of hydrogen-bond acceptors (Lipinski definition) is 3. The molecule has 0 N–H and O–H groups in total. The predicted molar refractivity (Wildman–Crippen MR) is 108 cm³/mol. The molecular weight excluding hydrogens is 458 g/mol. The van der Waals surface area contributed by atoms with E-state index in [9.17, 15) is 34.8 Å². The monoisotopic (exact) mass is 480 g/mol. The third-order valence-corrected chi connectivity index (χ3v) is 7.57. The SMILES string of the molecule is Cc1ccc(N2CC(C)N(S(=O)(=O)c3ccc(C(F)(F)F)cc3)CC2C)cc1C(F)(F)F. The van der Waals surface area contributed by atoms with Crippen molar-refractivity contribution in [2.24, 2.45) is 0 Å². The maximum atomic E-state index is 13.3. The van der Waals surface area contributed by atoms with Crippen LogP contribution in [0.15, 0.2) is 47.4 Å². The zero-order valence-electron chi connectivity index (χ0n) is 17.5. The highest BCUT2D eigenvalue weighted by Crippen LogP contribution is 2.36. The Morgan fingerprint density at radius 2 is 1.44 bits per heavy atom. The van der Waals surface area contributed by atoms with E-state index in [1.807, 2.05) is 0 Å². The molecule has 4 nitrogen and oxygen atoms in total. The van der Waals surface area contributed by atoms with E-state index < -0.39 is 45.6 Å². The number of piperazine rings is 1. The van der Waals surface area contributed by atoms with Crippen LogP contribution in [-0.2, 0) is 22.4 Å². The second-order valence-corrected chi connectivity index (χ2v) is 9.83. The summed E-state index contributed by atoms with van der Waals surface area (Å²) < 4.78 is 106. The Morgan fingerprint density at radius 1 is 0.844 bits per heavy atom. The molecule has 0 bridgehead atoms. The van der Waals surface area contributed by atoms with Gasteiger partial charge in [0.2, 0.25) is 10.0 Å². The summed E-state index contributed by atoms with van der Waals surface area (Å²) in [5, 5.41) is 0. The molecule has 2 unspecified atom stereocenters. The number of anilines is 1. The molecule has 3 rings (SSSR count). The summed E-state index contributed by atoms with van der Waals surface area (Å²) in [5.74, 6) is 0. The average Bonchev–Trinajstić information content (AvgIpc) is 2.68. The number of sulfonamides is 1. The minimum absolute atomic E-state index is 0.0280. The molecule has 2 aromatic carbocycles. The minimum Gasteiger partial charge on any atom is -0.366 e. The second kappa shape index (κ2) is 8.26. The van der Waals surface area contributed by atoms with E-state index in [0.29, 0.717) is 17.8 Å². The Labute approximate surface area is 182 Å². The Morgan fingerprint density at radius 3 is 1.97 bits per heavy atom. The van der Waals surface area contributed by atoms with Crippen molar-refractivity contribution in [3.63, 3.8) is 0 Å². The molecule has 0 saturated carbocycles. The summed E-state index contributed by atoms with van der Waals surface area (Å²) in [6.07, 6.45) is -9.10. The van der Waals surface area contributed by atoms with E-state index in [1.54, 1.807) is 24.8 Å². The lowest BCUT2D eigenvalue weighted by Crippen LogP contribution is -2.58. The molecular formula is C21H22F6N2O2S. The topological polar surface area (TPSA) is 40.6 Å². The van der Waals surface area contributed by atoms with Gasteiger partial charge in [-0.25, -0.2) is 8.42 Å². The molecule has 11 heteroatoms. The second-order valence-electron chi connectivity index (χ2n) is 7.94. The fourth-order valence-electron chi connectivity index (χ4n) is 3.83. The van der Waals surface area contributed by atoms with Gasteiger partial charge in [0.05, 0.1) is 16.0 Å². The first kappa shape index (κ1) is 24.4. The van der Waals surface area contributed by atoms with Gasteiger partial charge in [-0.15, -0.1) is 0 Å². The van der Waals surface area contributed by atoms with E-state index in [1.165, 1.54) is 17.3 Å². The first-order valence-corrected chi connectivity index (χ1v) is 11.2. The van der Waals surface area contributed by atoms with Crippen LogP contribution < -0.4 is 4.90 Å². The Kier molecular flexibility index (Phi) is 6.29. The molecule has 1 heterocycles. The molecule has 1 aliphatic heterocycles. The van der Waals surface area contributed by atoms with Gasteiger partial charge in [0.15, 0.2) is 0 Å². The molecule has 2 atom stereocenters. The fraction of sp³-hybridized carbons (Fsp3) is 0.429. The Hall–Kier alpha value is -2.27. The van der Waals surface area contributed by atoms with Crippen LogP contribution in [0.2, 0.25) is 0 Å². The average molecular weight is 480 g/mol. The van der Waals surface area contributed by atoms with Gasteiger partial charge in [-0.1, -0.05) is 6.07 Å². The third kappa shape index (κ3) is 4.73. The quantitative estimate of drug-likeness (QED) is 0.559. The normalized spacial score (nSPS) is 21.1. The van der Waals surface area contributed by atoms with Crippen LogP contribution in [0, 0.1) is 6.92 Å². The number of rotatable bonds is 3. The van der Waals surface area contributed by atoms with Crippen LogP contribution >= 0.6 is 0 Å². The molecule has 2 aromatic rings. The molecule has 0 aromatic heterocycles. The number of nitrogens with zero attached hydrogens (tertiary/aromatic N) is 2. The largest absolute Gasteiger partial charge is 0.416 e. The van der Waals surface area contributed by atoms with Gasteiger partial charge in [-0.2, -0.15) is 30.6 Å². The molecule has 0 amide bonds. The van der Waals surface area contributed by atoms with Crippen LogP contribution in [0.1, 0.15) is 30.5 Å². The summed E-state index contributed by atoms with van der Waals surface area (Å²) >= 11 is 0. The van der Waals surface area contributed by atoms with Crippen molar-refractivity contribution in [1.82, 2.24) is 4.31 Å². The molecule has 32 heavy (non-hydrogen) atoms. The maximum Gasteiger partial charge on any atom is 0.416 e. The smallest absolute Gasteiger partial charge is 0.366 e. The maximum absolute atomic E-state index is 13.3. The lowest BCUT2D eigenvalue weighted by atomic mass is 10.0. The minimum atomic E-state index is -4.58. The van der Waals surface area contributed by atoms with Crippen LogP contribution in [0.25, 0.3) is 0 Å². The first-order valence-electron chi connectivity index (χ1n) is 9.76. The number of hydrogen-bond donors (Lipinski definition) is 0. The van der Waals surface area contributed by atoms with Gasteiger partial charge in [0.25, 0.3) is 0 Å². The van der Waals surface area contributed by atoms with Crippen molar-refractivity contribution in [2.75, 3.05) is 18.0 Å². The van der Waals surface area contributed by atoms with E-state index in [2.05, 4.69) is 0 Å². The highest BCUT2D eigenvalue weighted by Gasteiger charge is 2.39. The third-order valence-electron chi connectivity index (χ3n) is 5.58. The van der Waals surface area contributed by atoms with Crippen molar-refractivity contribution in [1.29, 1.82) is 0 Å².